The highest BCUT2D eigenvalue weighted by Gasteiger charge is 2.30. The first-order chi connectivity index (χ1) is 9.51. The SMILES string of the molecule is CCOc1ccc2ccccc2c1[C@H](N)C(C)(C)CO. The van der Waals surface area contributed by atoms with Gasteiger partial charge in [0.2, 0.25) is 0 Å². The summed E-state index contributed by atoms with van der Waals surface area (Å²) < 4.78 is 5.74. The molecule has 3 nitrogen and oxygen atoms in total. The third-order valence-electron chi connectivity index (χ3n) is 3.79. The topological polar surface area (TPSA) is 55.5 Å². The number of hydrogen-bond donors (Lipinski definition) is 2. The molecule has 0 saturated carbocycles. The molecule has 0 aliphatic heterocycles. The lowest BCUT2D eigenvalue weighted by Gasteiger charge is -2.31. The van der Waals surface area contributed by atoms with Gasteiger partial charge in [0.25, 0.3) is 0 Å². The molecule has 0 aliphatic rings. The lowest BCUT2D eigenvalue weighted by molar-refractivity contribution is 0.131. The Kier molecular flexibility index (Phi) is 4.31. The molecule has 0 spiro atoms. The summed E-state index contributed by atoms with van der Waals surface area (Å²) in [5.41, 5.74) is 7.01. The highest BCUT2D eigenvalue weighted by atomic mass is 16.5. The zero-order chi connectivity index (χ0) is 14.8. The minimum absolute atomic E-state index is 0.0307. The van der Waals surface area contributed by atoms with Crippen molar-refractivity contribution in [3.8, 4) is 5.75 Å². The van der Waals surface area contributed by atoms with E-state index in [2.05, 4.69) is 12.1 Å². The van der Waals surface area contributed by atoms with Crippen LogP contribution in [0, 0.1) is 5.41 Å². The summed E-state index contributed by atoms with van der Waals surface area (Å²) in [6.45, 7) is 6.52. The fourth-order valence-electron chi connectivity index (χ4n) is 2.37. The average Bonchev–Trinajstić information content (AvgIpc) is 2.46. The summed E-state index contributed by atoms with van der Waals surface area (Å²) in [4.78, 5) is 0. The van der Waals surface area contributed by atoms with Crippen LogP contribution in [0.4, 0.5) is 0 Å². The maximum Gasteiger partial charge on any atom is 0.124 e. The molecular weight excluding hydrogens is 250 g/mol. The number of hydrogen-bond acceptors (Lipinski definition) is 3. The van der Waals surface area contributed by atoms with Crippen LogP contribution < -0.4 is 10.5 Å². The van der Waals surface area contributed by atoms with Gasteiger partial charge < -0.3 is 15.6 Å². The van der Waals surface area contributed by atoms with Crippen LogP contribution in [-0.2, 0) is 0 Å². The van der Waals surface area contributed by atoms with Gasteiger partial charge in [-0.3, -0.25) is 0 Å². The second kappa shape index (κ2) is 5.81. The van der Waals surface area contributed by atoms with Crippen molar-refractivity contribution in [3.63, 3.8) is 0 Å². The Labute approximate surface area is 120 Å². The van der Waals surface area contributed by atoms with Crippen LogP contribution in [-0.4, -0.2) is 18.3 Å². The molecule has 0 saturated heterocycles. The summed E-state index contributed by atoms with van der Waals surface area (Å²) >= 11 is 0. The molecule has 3 heteroatoms. The third kappa shape index (κ3) is 2.65. The Hall–Kier alpha value is -1.58. The van der Waals surface area contributed by atoms with E-state index >= 15 is 0 Å². The molecule has 0 amide bonds. The lowest BCUT2D eigenvalue weighted by atomic mass is 9.80. The van der Waals surface area contributed by atoms with Gasteiger partial charge in [-0.2, -0.15) is 0 Å². The van der Waals surface area contributed by atoms with E-state index in [-0.39, 0.29) is 12.6 Å². The maximum atomic E-state index is 9.60. The first-order valence-corrected chi connectivity index (χ1v) is 7.02. The molecule has 20 heavy (non-hydrogen) atoms. The Bertz CT molecular complexity index is 593. The largest absolute Gasteiger partial charge is 0.494 e. The van der Waals surface area contributed by atoms with E-state index in [1.807, 2.05) is 45.0 Å². The Morgan fingerprint density at radius 2 is 1.90 bits per heavy atom. The maximum absolute atomic E-state index is 9.60. The molecule has 0 radical (unpaired) electrons. The van der Waals surface area contributed by atoms with Gasteiger partial charge in [-0.15, -0.1) is 0 Å². The van der Waals surface area contributed by atoms with Crippen LogP contribution in [0.1, 0.15) is 32.4 Å². The third-order valence-corrected chi connectivity index (χ3v) is 3.79. The van der Waals surface area contributed by atoms with Crippen molar-refractivity contribution >= 4 is 10.8 Å². The van der Waals surface area contributed by atoms with Crippen molar-refractivity contribution in [1.29, 1.82) is 0 Å². The number of nitrogens with two attached hydrogens (primary N) is 1. The number of aliphatic hydroxyl groups is 1. The molecule has 0 fully saturated rings. The van der Waals surface area contributed by atoms with Crippen molar-refractivity contribution in [2.24, 2.45) is 11.1 Å². The highest BCUT2D eigenvalue weighted by molar-refractivity contribution is 5.88. The zero-order valence-electron chi connectivity index (χ0n) is 12.4. The molecule has 2 rings (SSSR count). The second-order valence-corrected chi connectivity index (χ2v) is 5.76. The summed E-state index contributed by atoms with van der Waals surface area (Å²) in [7, 11) is 0. The zero-order valence-corrected chi connectivity index (χ0v) is 12.4. The van der Waals surface area contributed by atoms with Crippen LogP contribution in [0.2, 0.25) is 0 Å². The number of rotatable bonds is 5. The van der Waals surface area contributed by atoms with Crippen molar-refractivity contribution in [3.05, 3.63) is 42.0 Å². The molecule has 0 bridgehead atoms. The molecule has 108 valence electrons. The van der Waals surface area contributed by atoms with Gasteiger partial charge in [0.15, 0.2) is 0 Å². The molecule has 2 aromatic rings. The van der Waals surface area contributed by atoms with Crippen molar-refractivity contribution in [1.82, 2.24) is 0 Å². The molecular formula is C17H23NO2. The summed E-state index contributed by atoms with van der Waals surface area (Å²) in [6, 6.07) is 11.8. The van der Waals surface area contributed by atoms with E-state index in [4.69, 9.17) is 10.5 Å². The molecule has 3 N–H and O–H groups in total. The summed E-state index contributed by atoms with van der Waals surface area (Å²) in [5, 5.41) is 11.8. The first kappa shape index (κ1) is 14.8. The van der Waals surface area contributed by atoms with Crippen LogP contribution in [0.25, 0.3) is 10.8 Å². The minimum atomic E-state index is -0.407. The quantitative estimate of drug-likeness (QED) is 0.879. The second-order valence-electron chi connectivity index (χ2n) is 5.76. The Balaban J connectivity index is 2.66. The number of benzene rings is 2. The monoisotopic (exact) mass is 273 g/mol. The average molecular weight is 273 g/mol. The number of fused-ring (bicyclic) bond motifs is 1. The van der Waals surface area contributed by atoms with Gasteiger partial charge in [-0.1, -0.05) is 44.2 Å². The van der Waals surface area contributed by atoms with Gasteiger partial charge >= 0.3 is 0 Å². The number of aliphatic hydroxyl groups excluding tert-OH is 1. The Morgan fingerprint density at radius 1 is 1.20 bits per heavy atom. The standard InChI is InChI=1S/C17H23NO2/c1-4-20-14-10-9-12-7-5-6-8-13(12)15(14)16(18)17(2,3)11-19/h5-10,16,19H,4,11,18H2,1-3H3/t16-/m0/s1. The predicted octanol–water partition coefficient (Wildman–Crippen LogP) is 3.26. The van der Waals surface area contributed by atoms with Crippen LogP contribution in [0.3, 0.4) is 0 Å². The fourth-order valence-corrected chi connectivity index (χ4v) is 2.37. The van der Waals surface area contributed by atoms with E-state index < -0.39 is 5.41 Å². The van der Waals surface area contributed by atoms with E-state index in [1.54, 1.807) is 0 Å². The highest BCUT2D eigenvalue weighted by Crippen LogP contribution is 2.40. The normalized spacial score (nSPS) is 13.4. The van der Waals surface area contributed by atoms with Gasteiger partial charge in [-0.05, 0) is 23.8 Å². The smallest absolute Gasteiger partial charge is 0.124 e. The van der Waals surface area contributed by atoms with Gasteiger partial charge in [0.1, 0.15) is 5.75 Å². The van der Waals surface area contributed by atoms with Gasteiger partial charge in [0.05, 0.1) is 6.61 Å². The van der Waals surface area contributed by atoms with Gasteiger partial charge in [0, 0.05) is 23.6 Å². The molecule has 2 aromatic carbocycles. The van der Waals surface area contributed by atoms with Crippen molar-refractivity contribution in [2.45, 2.75) is 26.8 Å². The number of ether oxygens (including phenoxy) is 1. The molecule has 1 atom stereocenters. The van der Waals surface area contributed by atoms with Crippen LogP contribution in [0.5, 0.6) is 5.75 Å². The van der Waals surface area contributed by atoms with Gasteiger partial charge in [-0.25, -0.2) is 0 Å². The van der Waals surface area contributed by atoms with E-state index in [9.17, 15) is 5.11 Å². The van der Waals surface area contributed by atoms with Crippen molar-refractivity contribution < 1.29 is 9.84 Å². The molecule has 0 heterocycles. The molecule has 0 unspecified atom stereocenters. The fraction of sp³-hybridized carbons (Fsp3) is 0.412. The van der Waals surface area contributed by atoms with E-state index in [1.165, 1.54) is 0 Å². The molecule has 0 aliphatic carbocycles. The van der Waals surface area contributed by atoms with E-state index in [0.717, 1.165) is 22.1 Å². The predicted molar refractivity (Wildman–Crippen MR) is 82.9 cm³/mol. The summed E-state index contributed by atoms with van der Waals surface area (Å²) in [5.74, 6) is 0.806. The van der Waals surface area contributed by atoms with Crippen LogP contribution >= 0.6 is 0 Å². The van der Waals surface area contributed by atoms with Crippen molar-refractivity contribution in [2.75, 3.05) is 13.2 Å². The molecule has 0 aromatic heterocycles. The van der Waals surface area contributed by atoms with Crippen LogP contribution in [0.15, 0.2) is 36.4 Å². The summed E-state index contributed by atoms with van der Waals surface area (Å²) in [6.07, 6.45) is 0. The lowest BCUT2D eigenvalue weighted by Crippen LogP contribution is -2.33. The Morgan fingerprint density at radius 3 is 2.55 bits per heavy atom. The van der Waals surface area contributed by atoms with E-state index in [0.29, 0.717) is 6.61 Å². The minimum Gasteiger partial charge on any atom is -0.494 e. The first-order valence-electron chi connectivity index (χ1n) is 7.02.